The van der Waals surface area contributed by atoms with Crippen molar-refractivity contribution in [3.05, 3.63) is 63.8 Å². The molecule has 0 spiro atoms. The fourth-order valence-electron chi connectivity index (χ4n) is 3.91. The molecule has 4 rings (SSSR count). The first kappa shape index (κ1) is 27.0. The summed E-state index contributed by atoms with van der Waals surface area (Å²) in [6, 6.07) is 7.78. The number of halogens is 5. The van der Waals surface area contributed by atoms with Crippen molar-refractivity contribution in [2.75, 3.05) is 20.1 Å². The number of alkyl halides is 4. The van der Waals surface area contributed by atoms with Crippen LogP contribution in [0.5, 0.6) is 0 Å². The van der Waals surface area contributed by atoms with Crippen LogP contribution in [0.3, 0.4) is 0 Å². The Labute approximate surface area is 220 Å². The van der Waals surface area contributed by atoms with Crippen molar-refractivity contribution in [1.29, 1.82) is 0 Å². The molecule has 2 heterocycles. The molecule has 13 heteroatoms. The maximum absolute atomic E-state index is 13.8. The minimum atomic E-state index is -4.82. The fourth-order valence-corrected chi connectivity index (χ4v) is 6.92. The fraction of sp³-hybridized carbons (Fsp3) is 0.348. The smallest absolute Gasteiger partial charge is 0.415 e. The topological polar surface area (TPSA) is 75.7 Å². The van der Waals surface area contributed by atoms with E-state index in [0.29, 0.717) is 42.5 Å². The van der Waals surface area contributed by atoms with E-state index in [4.69, 9.17) is 27.9 Å². The van der Waals surface area contributed by atoms with Crippen molar-refractivity contribution in [3.8, 4) is 11.1 Å². The highest BCUT2D eigenvalue weighted by Gasteiger charge is 2.58. The summed E-state index contributed by atoms with van der Waals surface area (Å²) in [5.41, 5.74) is 1.42. The van der Waals surface area contributed by atoms with Gasteiger partial charge in [-0.3, -0.25) is 9.52 Å². The molecule has 2 atom stereocenters. The molecule has 36 heavy (non-hydrogen) atoms. The highest BCUT2D eigenvalue weighted by molar-refractivity contribution is 7.91. The molecule has 2 aromatic rings. The van der Waals surface area contributed by atoms with Gasteiger partial charge >= 0.3 is 6.18 Å². The summed E-state index contributed by atoms with van der Waals surface area (Å²) in [6.45, 7) is 1.09. The van der Waals surface area contributed by atoms with Gasteiger partial charge in [-0.2, -0.15) is 13.2 Å². The molecular formula is C23H21Cl2F3N2O4S2. The van der Waals surface area contributed by atoms with E-state index < -0.39 is 39.4 Å². The number of nitrogens with zero attached hydrogens (tertiary/aromatic N) is 1. The molecule has 1 aromatic heterocycles. The number of nitrogens with one attached hydrogen (secondary N) is 1. The van der Waals surface area contributed by atoms with Gasteiger partial charge in [0.25, 0.3) is 10.0 Å². The Morgan fingerprint density at radius 1 is 1.28 bits per heavy atom. The molecule has 0 bridgehead atoms. The van der Waals surface area contributed by atoms with Crippen LogP contribution in [0.4, 0.5) is 13.2 Å². The highest BCUT2D eigenvalue weighted by atomic mass is 35.5. The first-order chi connectivity index (χ1) is 16.8. The van der Waals surface area contributed by atoms with Crippen LogP contribution in [0, 0.1) is 0 Å². The number of likely N-dealkylation sites (tertiary alicyclic amines) is 1. The van der Waals surface area contributed by atoms with Gasteiger partial charge in [-0.1, -0.05) is 41.9 Å². The summed E-state index contributed by atoms with van der Waals surface area (Å²) in [4.78, 5) is 9.99. The Hall–Kier alpha value is -2.05. The van der Waals surface area contributed by atoms with Gasteiger partial charge < -0.3 is 9.64 Å². The number of allylic oxidation sites excluding steroid dienone is 3. The molecule has 1 aromatic carbocycles. The van der Waals surface area contributed by atoms with E-state index in [9.17, 15) is 26.4 Å². The van der Waals surface area contributed by atoms with Crippen LogP contribution >= 0.6 is 34.5 Å². The van der Waals surface area contributed by atoms with Gasteiger partial charge in [-0.05, 0) is 25.1 Å². The molecule has 1 saturated heterocycles. The standard InChI is InChI=1S/C23H21Cl2F3N2O4S2/c1-30-9-7-17(12-30)34-19-10-16(6-8-22(19,25)23(26,27)28)29-36(32,33)20-11-18(21(24)35-20)15-4-2-14(13-31)3-5-15/h2-6,10-11,13,17,29H,7-9,12H2,1H3/t17-,22?/m1/s1. The lowest BCUT2D eigenvalue weighted by Gasteiger charge is -2.35. The lowest BCUT2D eigenvalue weighted by molar-refractivity contribution is -0.163. The molecular weight excluding hydrogens is 560 g/mol. The highest BCUT2D eigenvalue weighted by Crippen LogP contribution is 2.48. The van der Waals surface area contributed by atoms with E-state index in [0.717, 1.165) is 23.5 Å². The molecule has 6 nitrogen and oxygen atoms in total. The van der Waals surface area contributed by atoms with Crippen molar-refractivity contribution in [1.82, 2.24) is 9.62 Å². The summed E-state index contributed by atoms with van der Waals surface area (Å²) in [5.74, 6) is -0.544. The van der Waals surface area contributed by atoms with E-state index in [-0.39, 0.29) is 14.2 Å². The summed E-state index contributed by atoms with van der Waals surface area (Å²) in [6.07, 6.45) is -2.74. The number of rotatable bonds is 7. The summed E-state index contributed by atoms with van der Waals surface area (Å²) >= 11 is 13.1. The monoisotopic (exact) mass is 580 g/mol. The third kappa shape index (κ3) is 5.45. The van der Waals surface area contributed by atoms with Crippen molar-refractivity contribution < 1.29 is 31.1 Å². The minimum Gasteiger partial charge on any atom is -0.491 e. The maximum atomic E-state index is 13.8. The van der Waals surface area contributed by atoms with Crippen molar-refractivity contribution in [2.24, 2.45) is 0 Å². The first-order valence-corrected chi connectivity index (χ1v) is 13.8. The average molecular weight is 581 g/mol. The zero-order chi connectivity index (χ0) is 26.3. The van der Waals surface area contributed by atoms with Crippen LogP contribution in [-0.2, 0) is 14.8 Å². The van der Waals surface area contributed by atoms with Gasteiger partial charge in [-0.15, -0.1) is 22.9 Å². The Bertz CT molecular complexity index is 1320. The number of sulfonamides is 1. The lowest BCUT2D eigenvalue weighted by Crippen LogP contribution is -2.45. The predicted octanol–water partition coefficient (Wildman–Crippen LogP) is 5.59. The maximum Gasteiger partial charge on any atom is 0.415 e. The normalized spacial score (nSPS) is 23.2. The van der Waals surface area contributed by atoms with E-state index in [1.807, 2.05) is 11.9 Å². The molecule has 1 unspecified atom stereocenters. The van der Waals surface area contributed by atoms with Gasteiger partial charge in [-0.25, -0.2) is 8.42 Å². The molecule has 0 amide bonds. The van der Waals surface area contributed by atoms with Crippen LogP contribution in [-0.4, -0.2) is 56.9 Å². The summed E-state index contributed by atoms with van der Waals surface area (Å²) in [7, 11) is -2.36. The van der Waals surface area contributed by atoms with Crippen molar-refractivity contribution in [3.63, 3.8) is 0 Å². The van der Waals surface area contributed by atoms with E-state index in [2.05, 4.69) is 4.72 Å². The number of carbonyl (C=O) groups is 1. The lowest BCUT2D eigenvalue weighted by atomic mass is 9.95. The molecule has 1 aliphatic heterocycles. The second kappa shape index (κ2) is 10.0. The van der Waals surface area contributed by atoms with Gasteiger partial charge in [0, 0.05) is 42.4 Å². The summed E-state index contributed by atoms with van der Waals surface area (Å²) < 4.78 is 75.7. The van der Waals surface area contributed by atoms with Crippen LogP contribution in [0.25, 0.3) is 11.1 Å². The zero-order valence-electron chi connectivity index (χ0n) is 18.8. The van der Waals surface area contributed by atoms with Crippen molar-refractivity contribution in [2.45, 2.75) is 34.2 Å². The van der Waals surface area contributed by atoms with Gasteiger partial charge in [0.1, 0.15) is 26.7 Å². The SMILES string of the molecule is CN1CC[C@@H](OC2=CC(NS(=O)(=O)c3cc(-c4ccc(C=O)cc4)c(Cl)s3)=CCC2(Cl)C(F)(F)F)C1. The number of carbonyl (C=O) groups excluding carboxylic acids is 1. The molecule has 2 aliphatic rings. The van der Waals surface area contributed by atoms with Crippen LogP contribution in [0.2, 0.25) is 4.34 Å². The quantitative estimate of drug-likeness (QED) is 0.341. The van der Waals surface area contributed by atoms with Crippen LogP contribution in [0.15, 0.2) is 58.1 Å². The third-order valence-corrected chi connectivity index (χ3v) is 9.68. The average Bonchev–Trinajstić information content (AvgIpc) is 3.41. The molecule has 1 aliphatic carbocycles. The Morgan fingerprint density at radius 3 is 2.56 bits per heavy atom. The number of hydrogen-bond donors (Lipinski definition) is 1. The zero-order valence-corrected chi connectivity index (χ0v) is 22.0. The first-order valence-electron chi connectivity index (χ1n) is 10.7. The molecule has 1 fully saturated rings. The molecule has 1 N–H and O–H groups in total. The van der Waals surface area contributed by atoms with E-state index in [1.54, 1.807) is 24.3 Å². The second-order valence-electron chi connectivity index (χ2n) is 8.56. The third-order valence-electron chi connectivity index (χ3n) is 5.91. The van der Waals surface area contributed by atoms with Crippen LogP contribution < -0.4 is 4.72 Å². The number of aldehydes is 1. The second-order valence-corrected chi connectivity index (χ2v) is 12.8. The van der Waals surface area contributed by atoms with Crippen LogP contribution in [0.1, 0.15) is 23.2 Å². The van der Waals surface area contributed by atoms with Crippen molar-refractivity contribution >= 4 is 50.8 Å². The number of thiophene rings is 1. The predicted molar refractivity (Wildman–Crippen MR) is 133 cm³/mol. The number of benzene rings is 1. The van der Waals surface area contributed by atoms with Gasteiger partial charge in [0.2, 0.25) is 0 Å². The number of ether oxygens (including phenoxy) is 1. The Morgan fingerprint density at radius 2 is 1.97 bits per heavy atom. The van der Waals surface area contributed by atoms with E-state index >= 15 is 0 Å². The minimum absolute atomic E-state index is 0.0849. The number of likely N-dealkylation sites (N-methyl/N-ethyl adjacent to an activating group) is 1. The molecule has 0 radical (unpaired) electrons. The summed E-state index contributed by atoms with van der Waals surface area (Å²) in [5, 5.41) is 0. The van der Waals surface area contributed by atoms with Gasteiger partial charge in [0.15, 0.2) is 4.87 Å². The largest absolute Gasteiger partial charge is 0.491 e. The number of hydrogen-bond acceptors (Lipinski definition) is 6. The van der Waals surface area contributed by atoms with Gasteiger partial charge in [0.05, 0.1) is 0 Å². The Balaban J connectivity index is 1.60. The molecule has 194 valence electrons. The van der Waals surface area contributed by atoms with E-state index in [1.165, 1.54) is 6.07 Å². The Kier molecular flexibility index (Phi) is 7.51. The molecule has 0 saturated carbocycles.